The summed E-state index contributed by atoms with van der Waals surface area (Å²) in [6.45, 7) is 6.53. The average molecular weight is 778 g/mol. The van der Waals surface area contributed by atoms with Gasteiger partial charge in [0.1, 0.15) is 19.1 Å². The number of anilines is 1. The van der Waals surface area contributed by atoms with Crippen molar-refractivity contribution in [1.82, 2.24) is 18.8 Å². The first-order valence-corrected chi connectivity index (χ1v) is 22.6. The Kier molecular flexibility index (Phi) is 11.2. The molecule has 53 heavy (non-hydrogen) atoms. The van der Waals surface area contributed by atoms with Crippen molar-refractivity contribution in [2.24, 2.45) is 0 Å². The third kappa shape index (κ3) is 7.93. The maximum Gasteiger partial charge on any atom is 0.263 e. The van der Waals surface area contributed by atoms with Crippen LogP contribution in [0.4, 0.5) is 27.6 Å². The van der Waals surface area contributed by atoms with Gasteiger partial charge in [-0.15, -0.1) is 0 Å². The number of benzene rings is 2. The summed E-state index contributed by atoms with van der Waals surface area (Å²) in [4.78, 5) is 35.7. The number of sulfonamides is 1. The van der Waals surface area contributed by atoms with Crippen molar-refractivity contribution >= 4 is 40.6 Å². The van der Waals surface area contributed by atoms with Crippen molar-refractivity contribution in [1.29, 1.82) is 0 Å². The highest BCUT2D eigenvalue weighted by molar-refractivity contribution is 7.89. The predicted octanol–water partition coefficient (Wildman–Crippen LogP) is 6.84. The highest BCUT2D eigenvalue weighted by Crippen LogP contribution is 2.36. The molecule has 0 spiro atoms. The van der Waals surface area contributed by atoms with Crippen LogP contribution in [0.15, 0.2) is 52.5 Å². The van der Waals surface area contributed by atoms with Gasteiger partial charge in [-0.25, -0.2) is 35.4 Å². The molecule has 17 heteroatoms. The lowest BCUT2D eigenvalue weighted by Crippen LogP contribution is -2.59. The summed E-state index contributed by atoms with van der Waals surface area (Å²) in [5.74, 6) is -12.9. The Morgan fingerprint density at radius 3 is 2.21 bits per heavy atom. The van der Waals surface area contributed by atoms with E-state index >= 15 is 0 Å². The average Bonchev–Trinajstić information content (AvgIpc) is 3.10. The lowest BCUT2D eigenvalue weighted by Gasteiger charge is -2.41. The van der Waals surface area contributed by atoms with Crippen molar-refractivity contribution in [3.05, 3.63) is 93.6 Å². The number of carbonyl (C=O) groups excluding carboxylic acids is 1. The number of aromatic nitrogens is 3. The number of pyridine rings is 1. The van der Waals surface area contributed by atoms with E-state index in [1.54, 1.807) is 12.3 Å². The Morgan fingerprint density at radius 2 is 1.60 bits per heavy atom. The molecule has 2 aliphatic rings. The van der Waals surface area contributed by atoms with Crippen LogP contribution in [0.25, 0.3) is 10.9 Å². The molecule has 2 fully saturated rings. The first-order valence-electron chi connectivity index (χ1n) is 17.4. The van der Waals surface area contributed by atoms with Gasteiger partial charge in [-0.05, 0) is 61.1 Å². The van der Waals surface area contributed by atoms with E-state index in [0.717, 1.165) is 37.3 Å². The first kappa shape index (κ1) is 38.7. The van der Waals surface area contributed by atoms with E-state index in [2.05, 4.69) is 29.6 Å². The molecule has 284 valence electrons. The van der Waals surface area contributed by atoms with E-state index in [1.165, 1.54) is 40.4 Å². The summed E-state index contributed by atoms with van der Waals surface area (Å²) in [5, 5.41) is 0.228. The molecular formula is C36H40F5N5O5SSi. The van der Waals surface area contributed by atoms with Gasteiger partial charge in [0.15, 0.2) is 28.2 Å². The fourth-order valence-electron chi connectivity index (χ4n) is 6.62. The molecule has 0 radical (unpaired) electrons. The Labute approximate surface area is 304 Å². The van der Waals surface area contributed by atoms with Gasteiger partial charge in [0.05, 0.1) is 23.1 Å². The van der Waals surface area contributed by atoms with Gasteiger partial charge in [0.2, 0.25) is 21.7 Å². The highest BCUT2D eigenvalue weighted by atomic mass is 32.2. The van der Waals surface area contributed by atoms with Crippen molar-refractivity contribution in [2.75, 3.05) is 18.1 Å². The van der Waals surface area contributed by atoms with E-state index in [0.29, 0.717) is 22.5 Å². The second-order valence-electron chi connectivity index (χ2n) is 14.7. The standard InChI is InChI=1S/C36H40F5N5O5SSi/c1-53(2,3)16-15-51-21-44-20-43-27-17-25(11-12-26(27)35(44)47)45(19-24-10-9-23(18-42-24)22-7-5-4-6-8-22)36(48)28-13-14-46(28)52(49,50)34-32(40)30(38)29(37)31(39)33(34)41/h9-12,17-18,20,22,28H,4-8,13-16,19,21H2,1-3H3/t28-/m1/s1. The topological polar surface area (TPSA) is 115 Å². The number of hydrogen-bond acceptors (Lipinski definition) is 7. The zero-order valence-corrected chi connectivity index (χ0v) is 31.4. The van der Waals surface area contributed by atoms with Gasteiger partial charge >= 0.3 is 0 Å². The summed E-state index contributed by atoms with van der Waals surface area (Å²) in [5.41, 5.74) is 1.54. The number of fused-ring (bicyclic) bond motifs is 1. The molecule has 1 aliphatic heterocycles. The van der Waals surface area contributed by atoms with Crippen molar-refractivity contribution < 1.29 is 39.9 Å². The number of nitrogens with zero attached hydrogens (tertiary/aromatic N) is 5. The van der Waals surface area contributed by atoms with Gasteiger partial charge in [0, 0.05) is 33.1 Å². The molecule has 2 aromatic carbocycles. The molecule has 4 aromatic rings. The minimum Gasteiger partial charge on any atom is -0.361 e. The third-order valence-corrected chi connectivity index (χ3v) is 13.5. The van der Waals surface area contributed by atoms with Gasteiger partial charge in [-0.2, -0.15) is 4.31 Å². The summed E-state index contributed by atoms with van der Waals surface area (Å²) in [6, 6.07) is 7.48. The molecule has 0 bridgehead atoms. The molecule has 0 N–H and O–H groups in total. The minimum atomic E-state index is -5.38. The Morgan fingerprint density at radius 1 is 0.925 bits per heavy atom. The number of carbonyl (C=O) groups is 1. The fraction of sp³-hybridized carbons (Fsp3) is 0.444. The monoisotopic (exact) mass is 777 g/mol. The number of ether oxygens (including phenoxy) is 1. The van der Waals surface area contributed by atoms with Gasteiger partial charge < -0.3 is 9.64 Å². The summed E-state index contributed by atoms with van der Waals surface area (Å²) in [6.07, 6.45) is 8.46. The largest absolute Gasteiger partial charge is 0.361 e. The van der Waals surface area contributed by atoms with Crippen LogP contribution in [-0.2, 0) is 32.8 Å². The normalized spacial score (nSPS) is 17.2. The quantitative estimate of drug-likeness (QED) is 0.0509. The summed E-state index contributed by atoms with van der Waals surface area (Å²) in [7, 11) is -6.73. The van der Waals surface area contributed by atoms with E-state index in [1.807, 2.05) is 6.07 Å². The van der Waals surface area contributed by atoms with E-state index < -0.39 is 70.6 Å². The zero-order valence-electron chi connectivity index (χ0n) is 29.5. The molecule has 1 atom stereocenters. The van der Waals surface area contributed by atoms with Crippen LogP contribution in [-0.4, -0.2) is 60.4 Å². The number of amides is 1. The van der Waals surface area contributed by atoms with E-state index in [9.17, 15) is 40.0 Å². The lowest BCUT2D eigenvalue weighted by molar-refractivity contribution is -0.125. The fourth-order valence-corrected chi connectivity index (χ4v) is 9.12. The highest BCUT2D eigenvalue weighted by Gasteiger charge is 2.48. The number of hydrogen-bond donors (Lipinski definition) is 0. The maximum absolute atomic E-state index is 14.7. The molecule has 1 aliphatic carbocycles. The smallest absolute Gasteiger partial charge is 0.263 e. The van der Waals surface area contributed by atoms with Crippen molar-refractivity contribution in [3.63, 3.8) is 0 Å². The maximum atomic E-state index is 14.7. The van der Waals surface area contributed by atoms with Gasteiger partial charge in [-0.1, -0.05) is 45.0 Å². The Hall–Kier alpha value is -4.06. The van der Waals surface area contributed by atoms with Crippen LogP contribution in [0.2, 0.25) is 25.7 Å². The van der Waals surface area contributed by atoms with Crippen molar-refractivity contribution in [2.45, 2.75) is 94.3 Å². The SMILES string of the molecule is C[Si](C)(C)CCOCn1cnc2cc(N(Cc3ccc(C4CCCCC4)cn3)C(=O)[C@H]3CCN3S(=O)(=O)c3c(F)c(F)c(F)c(F)c3F)ccc2c1=O. The zero-order chi connectivity index (χ0) is 38.2. The molecule has 1 saturated heterocycles. The summed E-state index contributed by atoms with van der Waals surface area (Å²) < 4.78 is 106. The Bertz CT molecular complexity index is 2170. The third-order valence-electron chi connectivity index (χ3n) is 9.85. The van der Waals surface area contributed by atoms with E-state index in [4.69, 9.17) is 4.74 Å². The van der Waals surface area contributed by atoms with Crippen LogP contribution in [0, 0.1) is 29.1 Å². The minimum absolute atomic E-state index is 0.00380. The van der Waals surface area contributed by atoms with Crippen LogP contribution in [0.5, 0.6) is 0 Å². The summed E-state index contributed by atoms with van der Waals surface area (Å²) >= 11 is 0. The molecule has 0 unspecified atom stereocenters. The Balaban J connectivity index is 1.32. The van der Waals surface area contributed by atoms with Gasteiger partial charge in [-0.3, -0.25) is 19.1 Å². The van der Waals surface area contributed by atoms with Crippen LogP contribution in [0.3, 0.4) is 0 Å². The van der Waals surface area contributed by atoms with Crippen LogP contribution < -0.4 is 10.5 Å². The number of rotatable bonds is 12. The predicted molar refractivity (Wildman–Crippen MR) is 190 cm³/mol. The number of halogens is 5. The molecule has 6 rings (SSSR count). The molecule has 2 aromatic heterocycles. The first-order chi connectivity index (χ1) is 25.1. The molecular weight excluding hydrogens is 738 g/mol. The van der Waals surface area contributed by atoms with Crippen LogP contribution >= 0.6 is 0 Å². The molecule has 3 heterocycles. The molecule has 1 amide bonds. The second-order valence-corrected chi connectivity index (χ2v) is 22.2. The second kappa shape index (κ2) is 15.4. The molecule has 10 nitrogen and oxygen atoms in total. The lowest BCUT2D eigenvalue weighted by atomic mass is 9.85. The van der Waals surface area contributed by atoms with Crippen molar-refractivity contribution in [3.8, 4) is 0 Å². The van der Waals surface area contributed by atoms with Crippen LogP contribution in [0.1, 0.15) is 55.7 Å². The van der Waals surface area contributed by atoms with E-state index in [-0.39, 0.29) is 41.8 Å². The van der Waals surface area contributed by atoms with Gasteiger partial charge in [0.25, 0.3) is 5.56 Å². The molecule has 1 saturated carbocycles.